The van der Waals surface area contributed by atoms with Gasteiger partial charge in [-0.25, -0.2) is 9.97 Å². The number of pyridine rings is 1. The van der Waals surface area contributed by atoms with Crippen molar-refractivity contribution in [1.29, 1.82) is 0 Å². The van der Waals surface area contributed by atoms with Crippen LogP contribution in [0.4, 0.5) is 11.6 Å². The van der Waals surface area contributed by atoms with E-state index in [4.69, 9.17) is 0 Å². The number of aryl methyl sites for hydroxylation is 2. The number of anilines is 2. The van der Waals surface area contributed by atoms with Crippen molar-refractivity contribution >= 4 is 17.5 Å². The van der Waals surface area contributed by atoms with Crippen LogP contribution >= 0.6 is 0 Å². The SMILES string of the molecule is Cc1nc(N(C)C)nc(C)c1NC(=O)c1cccnc1. The Morgan fingerprint density at radius 2 is 1.85 bits per heavy atom. The number of aromatic nitrogens is 3. The summed E-state index contributed by atoms with van der Waals surface area (Å²) in [4.78, 5) is 26.6. The Hall–Kier alpha value is -2.50. The van der Waals surface area contributed by atoms with E-state index in [-0.39, 0.29) is 5.91 Å². The lowest BCUT2D eigenvalue weighted by atomic mass is 10.2. The summed E-state index contributed by atoms with van der Waals surface area (Å²) in [6.45, 7) is 3.70. The van der Waals surface area contributed by atoms with Crippen LogP contribution in [0.1, 0.15) is 21.7 Å². The van der Waals surface area contributed by atoms with Gasteiger partial charge in [0.2, 0.25) is 5.95 Å². The van der Waals surface area contributed by atoms with Crippen LogP contribution in [0.3, 0.4) is 0 Å². The highest BCUT2D eigenvalue weighted by molar-refractivity contribution is 6.04. The molecule has 6 heteroatoms. The maximum absolute atomic E-state index is 12.1. The van der Waals surface area contributed by atoms with Crippen molar-refractivity contribution < 1.29 is 4.79 Å². The molecule has 104 valence electrons. The van der Waals surface area contributed by atoms with Gasteiger partial charge >= 0.3 is 0 Å². The first kappa shape index (κ1) is 13.9. The zero-order chi connectivity index (χ0) is 14.7. The van der Waals surface area contributed by atoms with E-state index in [1.54, 1.807) is 18.3 Å². The Labute approximate surface area is 117 Å². The monoisotopic (exact) mass is 271 g/mol. The van der Waals surface area contributed by atoms with Crippen molar-refractivity contribution in [3.63, 3.8) is 0 Å². The average molecular weight is 271 g/mol. The van der Waals surface area contributed by atoms with Gasteiger partial charge in [-0.15, -0.1) is 0 Å². The molecular weight excluding hydrogens is 254 g/mol. The molecule has 2 rings (SSSR count). The Morgan fingerprint density at radius 1 is 1.20 bits per heavy atom. The minimum absolute atomic E-state index is 0.217. The van der Waals surface area contributed by atoms with Crippen molar-refractivity contribution in [3.05, 3.63) is 41.5 Å². The van der Waals surface area contributed by atoms with E-state index in [1.165, 1.54) is 6.20 Å². The lowest BCUT2D eigenvalue weighted by Gasteiger charge is -2.15. The molecule has 0 aliphatic rings. The van der Waals surface area contributed by atoms with Crippen LogP contribution in [0, 0.1) is 13.8 Å². The van der Waals surface area contributed by atoms with Gasteiger partial charge in [-0.2, -0.15) is 0 Å². The fourth-order valence-electron chi connectivity index (χ4n) is 1.76. The number of rotatable bonds is 3. The normalized spacial score (nSPS) is 10.2. The summed E-state index contributed by atoms with van der Waals surface area (Å²) < 4.78 is 0. The Morgan fingerprint density at radius 3 is 2.35 bits per heavy atom. The molecule has 0 bridgehead atoms. The summed E-state index contributed by atoms with van der Waals surface area (Å²) in [5, 5.41) is 2.84. The fraction of sp³-hybridized carbons (Fsp3) is 0.286. The van der Waals surface area contributed by atoms with Gasteiger partial charge in [0.15, 0.2) is 0 Å². The third-order valence-corrected chi connectivity index (χ3v) is 2.82. The highest BCUT2D eigenvalue weighted by Crippen LogP contribution is 2.20. The quantitative estimate of drug-likeness (QED) is 0.921. The van der Waals surface area contributed by atoms with E-state index in [2.05, 4.69) is 20.3 Å². The minimum Gasteiger partial charge on any atom is -0.347 e. The molecule has 0 spiro atoms. The number of hydrogen-bond acceptors (Lipinski definition) is 5. The largest absolute Gasteiger partial charge is 0.347 e. The summed E-state index contributed by atoms with van der Waals surface area (Å²) in [6.07, 6.45) is 3.15. The number of carbonyl (C=O) groups excluding carboxylic acids is 1. The van der Waals surface area contributed by atoms with Gasteiger partial charge in [0.1, 0.15) is 0 Å². The Balaban J connectivity index is 2.28. The van der Waals surface area contributed by atoms with E-state index in [1.807, 2.05) is 32.8 Å². The second-order valence-electron chi connectivity index (χ2n) is 4.66. The van der Waals surface area contributed by atoms with E-state index < -0.39 is 0 Å². The first-order chi connectivity index (χ1) is 9.49. The van der Waals surface area contributed by atoms with Gasteiger partial charge < -0.3 is 10.2 Å². The van der Waals surface area contributed by atoms with E-state index in [0.717, 1.165) is 11.4 Å². The Kier molecular flexibility index (Phi) is 3.93. The summed E-state index contributed by atoms with van der Waals surface area (Å²) in [7, 11) is 3.75. The molecular formula is C14H17N5O. The second-order valence-corrected chi connectivity index (χ2v) is 4.66. The third-order valence-electron chi connectivity index (χ3n) is 2.82. The predicted molar refractivity (Wildman–Crippen MR) is 78.0 cm³/mol. The molecule has 0 aliphatic heterocycles. The molecule has 1 amide bonds. The number of nitrogens with zero attached hydrogens (tertiary/aromatic N) is 4. The van der Waals surface area contributed by atoms with Gasteiger partial charge in [-0.05, 0) is 26.0 Å². The first-order valence-electron chi connectivity index (χ1n) is 6.23. The lowest BCUT2D eigenvalue weighted by molar-refractivity contribution is 0.102. The topological polar surface area (TPSA) is 71.0 Å². The molecule has 1 N–H and O–H groups in total. The predicted octanol–water partition coefficient (Wildman–Crippen LogP) is 1.81. The van der Waals surface area contributed by atoms with E-state index in [0.29, 0.717) is 17.2 Å². The summed E-state index contributed by atoms with van der Waals surface area (Å²) in [5.41, 5.74) is 2.62. The maximum Gasteiger partial charge on any atom is 0.257 e. The number of nitrogens with one attached hydrogen (secondary N) is 1. The number of amides is 1. The van der Waals surface area contributed by atoms with Crippen LogP contribution in [-0.2, 0) is 0 Å². The summed E-state index contributed by atoms with van der Waals surface area (Å²) >= 11 is 0. The molecule has 2 aromatic rings. The smallest absolute Gasteiger partial charge is 0.257 e. The standard InChI is InChI=1S/C14H17N5O/c1-9-12(10(2)17-14(16-9)19(3)4)18-13(20)11-6-5-7-15-8-11/h5-8H,1-4H3,(H,18,20). The van der Waals surface area contributed by atoms with Crippen molar-refractivity contribution in [2.24, 2.45) is 0 Å². The summed E-state index contributed by atoms with van der Waals surface area (Å²) in [6, 6.07) is 3.43. The molecule has 0 atom stereocenters. The van der Waals surface area contributed by atoms with Crippen LogP contribution < -0.4 is 10.2 Å². The highest BCUT2D eigenvalue weighted by atomic mass is 16.1. The van der Waals surface area contributed by atoms with Crippen molar-refractivity contribution in [2.75, 3.05) is 24.3 Å². The molecule has 2 aromatic heterocycles. The van der Waals surface area contributed by atoms with Gasteiger partial charge in [-0.1, -0.05) is 0 Å². The zero-order valence-electron chi connectivity index (χ0n) is 12.0. The zero-order valence-corrected chi connectivity index (χ0v) is 12.0. The minimum atomic E-state index is -0.217. The molecule has 0 aliphatic carbocycles. The highest BCUT2D eigenvalue weighted by Gasteiger charge is 2.13. The van der Waals surface area contributed by atoms with Crippen molar-refractivity contribution in [2.45, 2.75) is 13.8 Å². The Bertz CT molecular complexity index is 602. The van der Waals surface area contributed by atoms with Gasteiger partial charge in [0.05, 0.1) is 22.6 Å². The number of hydrogen-bond donors (Lipinski definition) is 1. The maximum atomic E-state index is 12.1. The van der Waals surface area contributed by atoms with E-state index in [9.17, 15) is 4.79 Å². The third kappa shape index (κ3) is 2.90. The molecule has 2 heterocycles. The van der Waals surface area contributed by atoms with Crippen LogP contribution in [0.15, 0.2) is 24.5 Å². The second kappa shape index (κ2) is 5.64. The average Bonchev–Trinajstić information content (AvgIpc) is 2.43. The van der Waals surface area contributed by atoms with Crippen LogP contribution in [-0.4, -0.2) is 35.0 Å². The summed E-state index contributed by atoms with van der Waals surface area (Å²) in [5.74, 6) is 0.407. The number of carbonyl (C=O) groups is 1. The van der Waals surface area contributed by atoms with Crippen molar-refractivity contribution in [3.8, 4) is 0 Å². The van der Waals surface area contributed by atoms with Gasteiger partial charge in [-0.3, -0.25) is 9.78 Å². The molecule has 6 nitrogen and oxygen atoms in total. The molecule has 0 saturated carbocycles. The van der Waals surface area contributed by atoms with Crippen molar-refractivity contribution in [1.82, 2.24) is 15.0 Å². The molecule has 0 unspecified atom stereocenters. The van der Waals surface area contributed by atoms with Gasteiger partial charge in [0, 0.05) is 26.5 Å². The van der Waals surface area contributed by atoms with Crippen LogP contribution in [0.5, 0.6) is 0 Å². The molecule has 0 fully saturated rings. The fourth-order valence-corrected chi connectivity index (χ4v) is 1.76. The molecule has 0 aromatic carbocycles. The van der Waals surface area contributed by atoms with Crippen LogP contribution in [0.2, 0.25) is 0 Å². The first-order valence-corrected chi connectivity index (χ1v) is 6.23. The van der Waals surface area contributed by atoms with Crippen LogP contribution in [0.25, 0.3) is 0 Å². The van der Waals surface area contributed by atoms with E-state index >= 15 is 0 Å². The molecule has 0 radical (unpaired) electrons. The molecule has 0 saturated heterocycles. The lowest BCUT2D eigenvalue weighted by Crippen LogP contribution is -2.18. The van der Waals surface area contributed by atoms with Gasteiger partial charge in [0.25, 0.3) is 5.91 Å². The molecule has 20 heavy (non-hydrogen) atoms.